The number of hydrogen-bond donors (Lipinski definition) is 2. The number of furan rings is 1. The minimum atomic E-state index is 0.452. The van der Waals surface area contributed by atoms with Gasteiger partial charge in [-0.05, 0) is 12.1 Å². The number of aromatic amines is 1. The zero-order chi connectivity index (χ0) is 9.97. The van der Waals surface area contributed by atoms with Crippen LogP contribution in [0.2, 0.25) is 0 Å². The topological polar surface area (TPSA) is 77.1 Å². The number of H-pyrrole nitrogens is 1. The minimum absolute atomic E-state index is 0.452. The Hall–Kier alpha value is -1.75. The molecule has 0 spiro atoms. The molecule has 3 N–H and O–H groups in total. The quantitative estimate of drug-likeness (QED) is 0.772. The number of ether oxygens (including phenoxy) is 1. The minimum Gasteiger partial charge on any atom is -0.457 e. The molecule has 0 saturated carbocycles. The summed E-state index contributed by atoms with van der Waals surface area (Å²) in [5.41, 5.74) is 6.94. The second-order valence-electron chi connectivity index (χ2n) is 2.90. The molecule has 0 saturated heterocycles. The van der Waals surface area contributed by atoms with Gasteiger partial charge in [0.2, 0.25) is 0 Å². The molecule has 0 radical (unpaired) electrons. The highest BCUT2D eigenvalue weighted by atomic mass is 16.5. The lowest BCUT2D eigenvalue weighted by molar-refractivity contribution is 0.165. The average molecular weight is 193 g/mol. The Morgan fingerprint density at radius 3 is 3.07 bits per heavy atom. The summed E-state index contributed by atoms with van der Waals surface area (Å²) in [6.07, 6.45) is 1.55. The maximum atomic E-state index is 5.67. The molecule has 0 aliphatic rings. The van der Waals surface area contributed by atoms with Gasteiger partial charge in [0, 0.05) is 7.11 Å². The number of nitrogens with one attached hydrogen (secondary N) is 1. The Labute approximate surface area is 80.9 Å². The van der Waals surface area contributed by atoms with Crippen LogP contribution >= 0.6 is 0 Å². The lowest BCUT2D eigenvalue weighted by atomic mass is 10.3. The molecular formula is C9H11N3O2. The van der Waals surface area contributed by atoms with Crippen molar-refractivity contribution in [1.29, 1.82) is 0 Å². The van der Waals surface area contributed by atoms with Crippen molar-refractivity contribution in [1.82, 2.24) is 10.2 Å². The van der Waals surface area contributed by atoms with Crippen LogP contribution in [0.4, 0.5) is 5.69 Å². The van der Waals surface area contributed by atoms with Gasteiger partial charge in [-0.1, -0.05) is 0 Å². The van der Waals surface area contributed by atoms with Crippen LogP contribution in [0.3, 0.4) is 0 Å². The van der Waals surface area contributed by atoms with Gasteiger partial charge in [0.15, 0.2) is 5.76 Å². The first-order chi connectivity index (χ1) is 6.81. The number of methoxy groups -OCH3 is 1. The number of aromatic nitrogens is 2. The van der Waals surface area contributed by atoms with Gasteiger partial charge >= 0.3 is 0 Å². The van der Waals surface area contributed by atoms with E-state index in [1.807, 2.05) is 12.1 Å². The molecule has 0 bridgehead atoms. The highest BCUT2D eigenvalue weighted by Gasteiger charge is 2.09. The van der Waals surface area contributed by atoms with E-state index in [2.05, 4.69) is 10.2 Å². The van der Waals surface area contributed by atoms with E-state index in [4.69, 9.17) is 14.9 Å². The zero-order valence-electron chi connectivity index (χ0n) is 7.78. The van der Waals surface area contributed by atoms with Crippen LogP contribution in [0.15, 0.2) is 22.7 Å². The smallest absolute Gasteiger partial charge is 0.154 e. The van der Waals surface area contributed by atoms with E-state index >= 15 is 0 Å². The van der Waals surface area contributed by atoms with Gasteiger partial charge < -0.3 is 14.9 Å². The Bertz CT molecular complexity index is 419. The Kier molecular flexibility index (Phi) is 2.24. The van der Waals surface area contributed by atoms with Crippen LogP contribution in [-0.2, 0) is 11.3 Å². The number of anilines is 1. The summed E-state index contributed by atoms with van der Waals surface area (Å²) in [5.74, 6) is 1.43. The summed E-state index contributed by atoms with van der Waals surface area (Å²) >= 11 is 0. The van der Waals surface area contributed by atoms with E-state index in [1.165, 1.54) is 0 Å². The first-order valence-corrected chi connectivity index (χ1v) is 4.18. The fraction of sp³-hybridized carbons (Fsp3) is 0.222. The third kappa shape index (κ3) is 1.49. The summed E-state index contributed by atoms with van der Waals surface area (Å²) in [7, 11) is 1.62. The number of hydrogen-bond acceptors (Lipinski definition) is 4. The number of nitrogen functional groups attached to an aromatic ring is 1. The van der Waals surface area contributed by atoms with Crippen LogP contribution in [0.5, 0.6) is 0 Å². The maximum Gasteiger partial charge on any atom is 0.154 e. The maximum absolute atomic E-state index is 5.67. The summed E-state index contributed by atoms with van der Waals surface area (Å²) < 4.78 is 10.4. The van der Waals surface area contributed by atoms with Crippen molar-refractivity contribution in [3.63, 3.8) is 0 Å². The number of rotatable bonds is 3. The molecule has 5 heteroatoms. The molecule has 0 aromatic carbocycles. The molecule has 0 fully saturated rings. The Balaban J connectivity index is 2.29. The van der Waals surface area contributed by atoms with Crippen molar-refractivity contribution in [3.05, 3.63) is 24.1 Å². The van der Waals surface area contributed by atoms with Crippen LogP contribution in [0.25, 0.3) is 11.5 Å². The van der Waals surface area contributed by atoms with E-state index in [0.29, 0.717) is 23.7 Å². The highest BCUT2D eigenvalue weighted by Crippen LogP contribution is 2.24. The average Bonchev–Trinajstić information content (AvgIpc) is 2.74. The van der Waals surface area contributed by atoms with Gasteiger partial charge in [-0.25, -0.2) is 0 Å². The van der Waals surface area contributed by atoms with Gasteiger partial charge in [-0.15, -0.1) is 0 Å². The molecule has 0 aliphatic carbocycles. The Morgan fingerprint density at radius 1 is 1.57 bits per heavy atom. The predicted molar refractivity (Wildman–Crippen MR) is 51.4 cm³/mol. The van der Waals surface area contributed by atoms with Crippen molar-refractivity contribution < 1.29 is 9.15 Å². The summed E-state index contributed by atoms with van der Waals surface area (Å²) in [6.45, 7) is 0.452. The fourth-order valence-electron chi connectivity index (χ4n) is 1.22. The normalized spacial score (nSPS) is 10.6. The molecule has 0 amide bonds. The molecule has 0 aliphatic heterocycles. The molecule has 0 atom stereocenters. The molecule has 2 rings (SSSR count). The molecule has 14 heavy (non-hydrogen) atoms. The van der Waals surface area contributed by atoms with Crippen LogP contribution in [0.1, 0.15) is 5.76 Å². The zero-order valence-corrected chi connectivity index (χ0v) is 7.78. The van der Waals surface area contributed by atoms with Gasteiger partial charge in [-0.2, -0.15) is 5.10 Å². The van der Waals surface area contributed by atoms with Crippen molar-refractivity contribution in [2.24, 2.45) is 0 Å². The van der Waals surface area contributed by atoms with Crippen molar-refractivity contribution in [3.8, 4) is 11.5 Å². The fourth-order valence-corrected chi connectivity index (χ4v) is 1.22. The van der Waals surface area contributed by atoms with Crippen LogP contribution in [-0.4, -0.2) is 17.3 Å². The van der Waals surface area contributed by atoms with Crippen molar-refractivity contribution in [2.45, 2.75) is 6.61 Å². The van der Waals surface area contributed by atoms with Gasteiger partial charge in [0.1, 0.15) is 18.1 Å². The van der Waals surface area contributed by atoms with Crippen LogP contribution < -0.4 is 5.73 Å². The monoisotopic (exact) mass is 193 g/mol. The summed E-state index contributed by atoms with van der Waals surface area (Å²) in [5, 5.41) is 6.58. The van der Waals surface area contributed by atoms with E-state index in [1.54, 1.807) is 13.3 Å². The number of nitrogens with two attached hydrogens (primary N) is 1. The molecule has 5 nitrogen and oxygen atoms in total. The lowest BCUT2D eigenvalue weighted by Gasteiger charge is -1.94. The number of nitrogens with zero attached hydrogens (tertiary/aromatic N) is 1. The second-order valence-corrected chi connectivity index (χ2v) is 2.90. The van der Waals surface area contributed by atoms with E-state index < -0.39 is 0 Å². The first kappa shape index (κ1) is 8.83. The second kappa shape index (κ2) is 3.55. The van der Waals surface area contributed by atoms with Crippen molar-refractivity contribution in [2.75, 3.05) is 12.8 Å². The van der Waals surface area contributed by atoms with Gasteiger partial charge in [-0.3, -0.25) is 5.10 Å². The summed E-state index contributed by atoms with van der Waals surface area (Å²) in [6, 6.07) is 3.68. The largest absolute Gasteiger partial charge is 0.457 e. The molecule has 2 heterocycles. The molecular weight excluding hydrogens is 182 g/mol. The van der Waals surface area contributed by atoms with E-state index in [-0.39, 0.29) is 0 Å². The molecule has 2 aromatic rings. The Morgan fingerprint density at radius 2 is 2.43 bits per heavy atom. The molecule has 2 aromatic heterocycles. The van der Waals surface area contributed by atoms with E-state index in [9.17, 15) is 0 Å². The predicted octanol–water partition coefficient (Wildman–Crippen LogP) is 1.40. The molecule has 0 unspecified atom stereocenters. The lowest BCUT2D eigenvalue weighted by Crippen LogP contribution is -1.85. The third-order valence-electron chi connectivity index (χ3n) is 1.86. The standard InChI is InChI=1S/C9H11N3O2/c1-13-5-6-2-3-8(14-6)9-7(10)4-11-12-9/h2-4H,5,10H2,1H3,(H,11,12). The molecule has 74 valence electrons. The third-order valence-corrected chi connectivity index (χ3v) is 1.86. The van der Waals surface area contributed by atoms with Gasteiger partial charge in [0.25, 0.3) is 0 Å². The SMILES string of the molecule is COCc1ccc(-c2[nH]ncc2N)o1. The highest BCUT2D eigenvalue weighted by molar-refractivity contribution is 5.67. The van der Waals surface area contributed by atoms with Crippen LogP contribution in [0, 0.1) is 0 Å². The summed E-state index contributed by atoms with van der Waals surface area (Å²) in [4.78, 5) is 0. The van der Waals surface area contributed by atoms with E-state index in [0.717, 1.165) is 5.76 Å². The van der Waals surface area contributed by atoms with Gasteiger partial charge in [0.05, 0.1) is 11.9 Å². The first-order valence-electron chi connectivity index (χ1n) is 4.18. The van der Waals surface area contributed by atoms with Crippen molar-refractivity contribution >= 4 is 5.69 Å².